The first-order valence-corrected chi connectivity index (χ1v) is 21.8. The molecule has 8 N–H and O–H groups in total. The molecule has 14 heteroatoms. The van der Waals surface area contributed by atoms with Gasteiger partial charge in [-0.25, -0.2) is 4.79 Å². The fourth-order valence-corrected chi connectivity index (χ4v) is 7.00. The first-order chi connectivity index (χ1) is 29.4. The van der Waals surface area contributed by atoms with Gasteiger partial charge in [0.05, 0.1) is 25.5 Å². The van der Waals surface area contributed by atoms with Crippen LogP contribution >= 0.6 is 0 Å². The molecule has 5 rings (SSSR count). The van der Waals surface area contributed by atoms with E-state index in [1.807, 2.05) is 0 Å². The lowest BCUT2D eigenvalue weighted by atomic mass is 10.1. The predicted octanol–water partition coefficient (Wildman–Crippen LogP) is 3.47. The van der Waals surface area contributed by atoms with Gasteiger partial charge in [-0.05, 0) is 125 Å². The first-order valence-electron chi connectivity index (χ1n) is 21.8. The summed E-state index contributed by atoms with van der Waals surface area (Å²) >= 11 is 0. The van der Waals surface area contributed by atoms with Crippen LogP contribution in [0.2, 0.25) is 0 Å². The van der Waals surface area contributed by atoms with E-state index in [1.54, 1.807) is 43.5 Å². The third-order valence-electron chi connectivity index (χ3n) is 10.3. The lowest BCUT2D eigenvalue weighted by Gasteiger charge is -2.24. The molecule has 0 unspecified atom stereocenters. The number of carboxylic acids is 1. The van der Waals surface area contributed by atoms with Crippen LogP contribution in [0.15, 0.2) is 72.8 Å². The van der Waals surface area contributed by atoms with Gasteiger partial charge < -0.3 is 51.8 Å². The van der Waals surface area contributed by atoms with E-state index in [1.165, 1.54) is 62.1 Å². The third-order valence-corrected chi connectivity index (χ3v) is 10.3. The van der Waals surface area contributed by atoms with Crippen LogP contribution in [-0.4, -0.2) is 146 Å². The van der Waals surface area contributed by atoms with Crippen LogP contribution < -0.4 is 46.7 Å². The Morgan fingerprint density at radius 2 is 1.08 bits per heavy atom. The molecular weight excluding hydrogens is 759 g/mol. The maximum absolute atomic E-state index is 12.0. The highest BCUT2D eigenvalue weighted by atomic mass is 16.5. The summed E-state index contributed by atoms with van der Waals surface area (Å²) in [6, 6.07) is 20.9. The number of anilines is 1. The first kappa shape index (κ1) is 48.3. The molecule has 1 amide bonds. The largest absolute Gasteiger partial charge is 0.493 e. The second-order valence-corrected chi connectivity index (χ2v) is 15.1. The Morgan fingerprint density at radius 3 is 1.58 bits per heavy atom. The molecule has 60 heavy (non-hydrogen) atoms. The van der Waals surface area contributed by atoms with Crippen LogP contribution in [-0.2, 0) is 17.9 Å². The van der Waals surface area contributed by atoms with Crippen LogP contribution in [0.25, 0.3) is 6.08 Å². The van der Waals surface area contributed by atoms with Crippen molar-refractivity contribution in [1.82, 2.24) is 41.7 Å². The molecule has 0 saturated carbocycles. The number of ether oxygens (including phenoxy) is 2. The Morgan fingerprint density at radius 1 is 0.600 bits per heavy atom. The minimum Gasteiger partial charge on any atom is -0.493 e. The summed E-state index contributed by atoms with van der Waals surface area (Å²) in [7, 11) is 3.07. The van der Waals surface area contributed by atoms with E-state index >= 15 is 0 Å². The number of para-hydroxylation sites is 1. The molecule has 2 fully saturated rings. The van der Waals surface area contributed by atoms with Crippen molar-refractivity contribution in [3.63, 3.8) is 0 Å². The van der Waals surface area contributed by atoms with E-state index in [-0.39, 0.29) is 11.3 Å². The zero-order valence-electron chi connectivity index (χ0n) is 36.0. The number of benzene rings is 3. The highest BCUT2D eigenvalue weighted by Gasteiger charge is 2.12. The number of carboxylic acid groups (broad SMARTS) is 1. The topological polar surface area (TPSA) is 164 Å². The van der Waals surface area contributed by atoms with E-state index in [2.05, 4.69) is 71.3 Å². The van der Waals surface area contributed by atoms with E-state index in [0.717, 1.165) is 123 Å². The maximum atomic E-state index is 12.0. The second kappa shape index (κ2) is 29.8. The van der Waals surface area contributed by atoms with Gasteiger partial charge in [-0.2, -0.15) is 0 Å². The molecule has 2 aliphatic rings. The molecule has 2 saturated heterocycles. The Labute approximate surface area is 358 Å². The average molecular weight is 830 g/mol. The Hall–Kier alpha value is -4.38. The summed E-state index contributed by atoms with van der Waals surface area (Å²) in [5, 5.41) is 33.1. The zero-order valence-corrected chi connectivity index (χ0v) is 36.0. The molecule has 2 aliphatic heterocycles. The number of carbonyl (C=O) groups excluding carboxylic acids is 1. The predicted molar refractivity (Wildman–Crippen MR) is 243 cm³/mol. The number of aromatic carboxylic acids is 1. The summed E-state index contributed by atoms with van der Waals surface area (Å²) in [4.78, 5) is 28.3. The quantitative estimate of drug-likeness (QED) is 0.141. The minimum absolute atomic E-state index is 0.0327. The average Bonchev–Trinajstić information content (AvgIpc) is 3.26. The Balaban J connectivity index is 0.000000287. The molecule has 2 heterocycles. The number of nitrogens with one attached hydrogen (secondary N) is 7. The standard InChI is InChI=1S/C28H54N8.C18H17NO5/c1-9-29-15-17-31-13-3-21-35(23-19-33-11-1)25-27-5-7-28(8-6-27)26-36-22-4-14-32-18-16-30-10-2-12-34-20-24-36;1-23-15-9-7-12(11-16(15)24-2)8-10-17(20)19-14-6-4-3-5-13(14)18(21)22/h5-8,29-34H,1-4,9-26H2;3-11H,1-2H3,(H,19,20)(H,21,22)/b;10-8+. The molecule has 0 aromatic heterocycles. The molecule has 3 aromatic rings. The van der Waals surface area contributed by atoms with Crippen molar-refractivity contribution in [2.75, 3.05) is 124 Å². The van der Waals surface area contributed by atoms with Gasteiger partial charge in [-0.1, -0.05) is 42.5 Å². The summed E-state index contributed by atoms with van der Waals surface area (Å²) < 4.78 is 10.3. The van der Waals surface area contributed by atoms with E-state index in [4.69, 9.17) is 14.6 Å². The Bertz CT molecular complexity index is 1590. The molecule has 330 valence electrons. The highest BCUT2D eigenvalue weighted by Crippen LogP contribution is 2.28. The lowest BCUT2D eigenvalue weighted by molar-refractivity contribution is -0.111. The van der Waals surface area contributed by atoms with Gasteiger partial charge in [0.2, 0.25) is 5.91 Å². The van der Waals surface area contributed by atoms with Crippen molar-refractivity contribution in [3.8, 4) is 11.5 Å². The van der Waals surface area contributed by atoms with Gasteiger partial charge in [-0.15, -0.1) is 0 Å². The van der Waals surface area contributed by atoms with Crippen LogP contribution in [0.4, 0.5) is 5.69 Å². The monoisotopic (exact) mass is 830 g/mol. The minimum atomic E-state index is -1.10. The van der Waals surface area contributed by atoms with Crippen LogP contribution in [0.1, 0.15) is 52.7 Å². The van der Waals surface area contributed by atoms with Gasteiger partial charge >= 0.3 is 5.97 Å². The molecule has 3 aromatic carbocycles. The van der Waals surface area contributed by atoms with Crippen molar-refractivity contribution < 1.29 is 24.2 Å². The summed E-state index contributed by atoms with van der Waals surface area (Å²) in [5.74, 6) is -0.390. The smallest absolute Gasteiger partial charge is 0.337 e. The SMILES string of the molecule is COc1ccc(/C=C/C(=O)Nc2ccccc2C(=O)O)cc1OC.c1cc(CN2CCCNCCNCCCNCC2)ccc1CN1CCCNCCNCCCNCC1. The Kier molecular flexibility index (Phi) is 24.0. The molecule has 0 bridgehead atoms. The number of rotatable bonds is 10. The zero-order chi connectivity index (χ0) is 42.5. The lowest BCUT2D eigenvalue weighted by Crippen LogP contribution is -2.36. The fraction of sp³-hybridized carbons (Fsp3) is 0.522. The number of carbonyl (C=O) groups is 2. The molecular formula is C46H71N9O5. The second-order valence-electron chi connectivity index (χ2n) is 15.1. The fourth-order valence-electron chi connectivity index (χ4n) is 7.00. The van der Waals surface area contributed by atoms with Crippen molar-refractivity contribution in [1.29, 1.82) is 0 Å². The van der Waals surface area contributed by atoms with Crippen LogP contribution in [0.3, 0.4) is 0 Å². The summed E-state index contributed by atoms with van der Waals surface area (Å²) in [5.41, 5.74) is 3.88. The van der Waals surface area contributed by atoms with E-state index < -0.39 is 11.9 Å². The van der Waals surface area contributed by atoms with Crippen LogP contribution in [0, 0.1) is 0 Å². The molecule has 0 aliphatic carbocycles. The van der Waals surface area contributed by atoms with E-state index in [0.29, 0.717) is 11.5 Å². The third kappa shape index (κ3) is 19.8. The molecule has 0 radical (unpaired) electrons. The summed E-state index contributed by atoms with van der Waals surface area (Å²) in [6.07, 6.45) is 7.71. The maximum Gasteiger partial charge on any atom is 0.337 e. The van der Waals surface area contributed by atoms with Gasteiger partial charge in [0.1, 0.15) is 0 Å². The van der Waals surface area contributed by atoms with Crippen LogP contribution in [0.5, 0.6) is 11.5 Å². The van der Waals surface area contributed by atoms with Gasteiger partial charge in [0, 0.05) is 71.5 Å². The number of hydrogen-bond acceptors (Lipinski definition) is 12. The van der Waals surface area contributed by atoms with Crippen molar-refractivity contribution >= 4 is 23.6 Å². The van der Waals surface area contributed by atoms with Crippen molar-refractivity contribution in [3.05, 3.63) is 95.1 Å². The number of methoxy groups -OCH3 is 2. The van der Waals surface area contributed by atoms with E-state index in [9.17, 15) is 9.59 Å². The van der Waals surface area contributed by atoms with Gasteiger partial charge in [0.25, 0.3) is 0 Å². The van der Waals surface area contributed by atoms with Gasteiger partial charge in [0.15, 0.2) is 11.5 Å². The molecule has 14 nitrogen and oxygen atoms in total. The highest BCUT2D eigenvalue weighted by molar-refractivity contribution is 6.06. The molecule has 0 spiro atoms. The number of nitrogens with zero attached hydrogens (tertiary/aromatic N) is 2. The normalized spacial score (nSPS) is 17.9. The van der Waals surface area contributed by atoms with Crippen molar-refractivity contribution in [2.24, 2.45) is 0 Å². The summed E-state index contributed by atoms with van der Waals surface area (Å²) in [6.45, 7) is 19.6. The number of hydrogen-bond donors (Lipinski definition) is 8. The molecule has 0 atom stereocenters. The van der Waals surface area contributed by atoms with Crippen molar-refractivity contribution in [2.45, 2.75) is 38.8 Å². The number of amides is 1. The van der Waals surface area contributed by atoms with Gasteiger partial charge in [-0.3, -0.25) is 14.6 Å².